The zero-order valence-corrected chi connectivity index (χ0v) is 17.6. The van der Waals surface area contributed by atoms with E-state index in [9.17, 15) is 13.2 Å². The summed E-state index contributed by atoms with van der Waals surface area (Å²) in [5, 5.41) is 10.3. The first-order valence-corrected chi connectivity index (χ1v) is 10.7. The molecular formula is C19H20N4O3S2. The molecule has 1 aromatic heterocycles. The lowest BCUT2D eigenvalue weighted by Crippen LogP contribution is -2.27. The molecule has 7 nitrogen and oxygen atoms in total. The number of aryl methyl sites for hydroxylation is 3. The fourth-order valence-electron chi connectivity index (χ4n) is 2.54. The monoisotopic (exact) mass is 416 g/mol. The topological polar surface area (TPSA) is 92.3 Å². The number of anilines is 2. The summed E-state index contributed by atoms with van der Waals surface area (Å²) < 4.78 is 26.8. The van der Waals surface area contributed by atoms with Crippen LogP contribution in [0.4, 0.5) is 10.8 Å². The van der Waals surface area contributed by atoms with Crippen molar-refractivity contribution in [1.82, 2.24) is 10.2 Å². The SMILES string of the molecule is Cc1ccc(C(=O)Nc2nnc(S(=O)(=O)N(C)c3cc(C)ccc3C)s2)cc1. The van der Waals surface area contributed by atoms with E-state index in [4.69, 9.17) is 0 Å². The van der Waals surface area contributed by atoms with Gasteiger partial charge in [0.15, 0.2) is 0 Å². The number of sulfonamides is 1. The van der Waals surface area contributed by atoms with Crippen LogP contribution in [0, 0.1) is 20.8 Å². The molecule has 1 amide bonds. The first-order chi connectivity index (χ1) is 13.2. The highest BCUT2D eigenvalue weighted by molar-refractivity contribution is 7.94. The highest BCUT2D eigenvalue weighted by atomic mass is 32.2. The van der Waals surface area contributed by atoms with Gasteiger partial charge in [0.1, 0.15) is 0 Å². The lowest BCUT2D eigenvalue weighted by molar-refractivity contribution is 0.102. The Hall–Kier alpha value is -2.78. The zero-order valence-electron chi connectivity index (χ0n) is 15.9. The van der Waals surface area contributed by atoms with E-state index in [0.29, 0.717) is 11.3 Å². The van der Waals surface area contributed by atoms with Crippen molar-refractivity contribution in [3.8, 4) is 0 Å². The van der Waals surface area contributed by atoms with Gasteiger partial charge in [-0.15, -0.1) is 10.2 Å². The maximum Gasteiger partial charge on any atom is 0.293 e. The molecule has 0 fully saturated rings. The zero-order chi connectivity index (χ0) is 20.5. The second-order valence-corrected chi connectivity index (χ2v) is 9.58. The number of hydrogen-bond donors (Lipinski definition) is 1. The predicted octanol–water partition coefficient (Wildman–Crippen LogP) is 3.54. The molecule has 0 aliphatic heterocycles. The maximum atomic E-state index is 12.9. The van der Waals surface area contributed by atoms with Crippen LogP contribution in [0.1, 0.15) is 27.0 Å². The molecule has 1 N–H and O–H groups in total. The first kappa shape index (κ1) is 20.0. The summed E-state index contributed by atoms with van der Waals surface area (Å²) in [6.45, 7) is 5.66. The van der Waals surface area contributed by atoms with Crippen molar-refractivity contribution in [2.24, 2.45) is 0 Å². The van der Waals surface area contributed by atoms with E-state index in [1.807, 2.05) is 45.0 Å². The summed E-state index contributed by atoms with van der Waals surface area (Å²) >= 11 is 0.815. The van der Waals surface area contributed by atoms with E-state index in [-0.39, 0.29) is 15.4 Å². The smallest absolute Gasteiger partial charge is 0.293 e. The summed E-state index contributed by atoms with van der Waals surface area (Å²) in [6, 6.07) is 12.6. The molecule has 0 spiro atoms. The van der Waals surface area contributed by atoms with E-state index < -0.39 is 10.0 Å². The number of aromatic nitrogens is 2. The van der Waals surface area contributed by atoms with Crippen molar-refractivity contribution in [3.05, 3.63) is 64.7 Å². The lowest BCUT2D eigenvalue weighted by atomic mass is 10.1. The fourth-order valence-corrected chi connectivity index (χ4v) is 4.84. The predicted molar refractivity (Wildman–Crippen MR) is 111 cm³/mol. The Morgan fingerprint density at radius 1 is 1.00 bits per heavy atom. The molecule has 0 atom stereocenters. The minimum absolute atomic E-state index is 0.124. The highest BCUT2D eigenvalue weighted by Crippen LogP contribution is 2.29. The average molecular weight is 417 g/mol. The molecule has 3 rings (SSSR count). The lowest BCUT2D eigenvalue weighted by Gasteiger charge is -2.20. The van der Waals surface area contributed by atoms with Gasteiger partial charge in [0.2, 0.25) is 5.13 Å². The Morgan fingerprint density at radius 2 is 1.64 bits per heavy atom. The van der Waals surface area contributed by atoms with Gasteiger partial charge in [-0.1, -0.05) is 41.2 Å². The summed E-state index contributed by atoms with van der Waals surface area (Å²) in [4.78, 5) is 12.3. The molecule has 9 heteroatoms. The minimum atomic E-state index is -3.89. The number of carbonyl (C=O) groups is 1. The van der Waals surface area contributed by atoms with Gasteiger partial charge in [0.25, 0.3) is 20.3 Å². The highest BCUT2D eigenvalue weighted by Gasteiger charge is 2.27. The third-order valence-electron chi connectivity index (χ3n) is 4.23. The molecule has 0 unspecified atom stereocenters. The van der Waals surface area contributed by atoms with Gasteiger partial charge < -0.3 is 0 Å². The summed E-state index contributed by atoms with van der Waals surface area (Å²) in [5.74, 6) is -0.372. The van der Waals surface area contributed by atoms with Gasteiger partial charge in [-0.3, -0.25) is 14.4 Å². The number of carbonyl (C=O) groups excluding carboxylic acids is 1. The number of benzene rings is 2. The molecule has 146 valence electrons. The second-order valence-electron chi connectivity index (χ2n) is 6.46. The van der Waals surface area contributed by atoms with Gasteiger partial charge in [0.05, 0.1) is 5.69 Å². The van der Waals surface area contributed by atoms with Crippen molar-refractivity contribution in [2.45, 2.75) is 25.1 Å². The standard InChI is InChI=1S/C19H20N4O3S2/c1-12-6-9-15(10-7-12)17(24)20-18-21-22-19(27-18)28(25,26)23(4)16-11-13(2)5-8-14(16)3/h5-11H,1-4H3,(H,20,21,24). The second kappa shape index (κ2) is 7.69. The van der Waals surface area contributed by atoms with Crippen molar-refractivity contribution in [2.75, 3.05) is 16.7 Å². The normalized spacial score (nSPS) is 11.3. The molecule has 0 bridgehead atoms. The molecule has 0 saturated heterocycles. The molecule has 0 aliphatic rings. The Kier molecular flexibility index (Phi) is 5.48. The molecule has 0 aliphatic carbocycles. The Morgan fingerprint density at radius 3 is 2.32 bits per heavy atom. The van der Waals surface area contributed by atoms with Crippen LogP contribution < -0.4 is 9.62 Å². The van der Waals surface area contributed by atoms with Gasteiger partial charge >= 0.3 is 0 Å². The molecule has 1 heterocycles. The quantitative estimate of drug-likeness (QED) is 0.642. The first-order valence-electron chi connectivity index (χ1n) is 8.46. The van der Waals surface area contributed by atoms with Crippen molar-refractivity contribution in [1.29, 1.82) is 0 Å². The van der Waals surface area contributed by atoms with E-state index >= 15 is 0 Å². The number of nitrogens with zero attached hydrogens (tertiary/aromatic N) is 3. The van der Waals surface area contributed by atoms with Crippen LogP contribution in [-0.4, -0.2) is 31.6 Å². The molecule has 0 radical (unpaired) electrons. The van der Waals surface area contributed by atoms with E-state index in [0.717, 1.165) is 28.0 Å². The molecule has 3 aromatic rings. The number of nitrogens with one attached hydrogen (secondary N) is 1. The van der Waals surface area contributed by atoms with E-state index in [1.54, 1.807) is 18.2 Å². The van der Waals surface area contributed by atoms with Gasteiger partial charge in [-0.25, -0.2) is 0 Å². The minimum Gasteiger partial charge on any atom is -0.296 e. The van der Waals surface area contributed by atoms with E-state index in [2.05, 4.69) is 15.5 Å². The van der Waals surface area contributed by atoms with Gasteiger partial charge in [-0.2, -0.15) is 8.42 Å². The van der Waals surface area contributed by atoms with Crippen LogP contribution in [0.3, 0.4) is 0 Å². The maximum absolute atomic E-state index is 12.9. The third-order valence-corrected chi connectivity index (χ3v) is 7.18. The fraction of sp³-hybridized carbons (Fsp3) is 0.211. The summed E-state index contributed by atoms with van der Waals surface area (Å²) in [7, 11) is -2.41. The number of hydrogen-bond acceptors (Lipinski definition) is 6. The van der Waals surface area contributed by atoms with Crippen LogP contribution in [0.25, 0.3) is 0 Å². The largest absolute Gasteiger partial charge is 0.296 e. The summed E-state index contributed by atoms with van der Waals surface area (Å²) in [6.07, 6.45) is 0. The molecule has 28 heavy (non-hydrogen) atoms. The Balaban J connectivity index is 1.83. The van der Waals surface area contributed by atoms with Crippen LogP contribution in [0.2, 0.25) is 0 Å². The number of amides is 1. The van der Waals surface area contributed by atoms with Gasteiger partial charge in [-0.05, 0) is 50.1 Å². The van der Waals surface area contributed by atoms with Crippen LogP contribution >= 0.6 is 11.3 Å². The van der Waals surface area contributed by atoms with Gasteiger partial charge in [0, 0.05) is 12.6 Å². The third kappa shape index (κ3) is 4.05. The van der Waals surface area contributed by atoms with Crippen LogP contribution in [-0.2, 0) is 10.0 Å². The average Bonchev–Trinajstić information content (AvgIpc) is 3.13. The molecular weight excluding hydrogens is 396 g/mol. The number of rotatable bonds is 5. The molecule has 2 aromatic carbocycles. The van der Waals surface area contributed by atoms with Crippen molar-refractivity contribution < 1.29 is 13.2 Å². The van der Waals surface area contributed by atoms with Crippen molar-refractivity contribution >= 4 is 38.1 Å². The summed E-state index contributed by atoms with van der Waals surface area (Å²) in [5.41, 5.74) is 3.84. The Labute approximate surface area is 168 Å². The Bertz CT molecular complexity index is 1120. The molecule has 0 saturated carbocycles. The van der Waals surface area contributed by atoms with Crippen LogP contribution in [0.15, 0.2) is 46.8 Å². The van der Waals surface area contributed by atoms with Crippen LogP contribution in [0.5, 0.6) is 0 Å². The van der Waals surface area contributed by atoms with Crippen molar-refractivity contribution in [3.63, 3.8) is 0 Å². The van der Waals surface area contributed by atoms with E-state index in [1.165, 1.54) is 11.4 Å².